The van der Waals surface area contributed by atoms with E-state index < -0.39 is 30.5 Å². The molecule has 15 N–H and O–H groups in total. The number of carbonyl (C=O) groups is 5. The van der Waals surface area contributed by atoms with E-state index in [1.54, 1.807) is 95.3 Å². The van der Waals surface area contributed by atoms with Crippen molar-refractivity contribution in [1.82, 2.24) is 26.6 Å². The van der Waals surface area contributed by atoms with Gasteiger partial charge in [-0.05, 0) is 250 Å². The lowest BCUT2D eigenvalue weighted by Crippen LogP contribution is -2.40. The zero-order valence-corrected chi connectivity index (χ0v) is 89.0. The van der Waals surface area contributed by atoms with Crippen molar-refractivity contribution in [1.29, 1.82) is 0 Å². The van der Waals surface area contributed by atoms with Gasteiger partial charge in [-0.1, -0.05) is 212 Å². The van der Waals surface area contributed by atoms with Crippen LogP contribution in [-0.4, -0.2) is 271 Å². The Bertz CT molecular complexity index is 4410. The zero-order valence-electron chi connectivity index (χ0n) is 89.0. The third-order valence-corrected chi connectivity index (χ3v) is 22.8. The van der Waals surface area contributed by atoms with E-state index in [0.717, 1.165) is 55.6 Å². The molecule has 0 aliphatic rings. The molecule has 0 aliphatic carbocycles. The molecule has 3 unspecified atom stereocenters. The number of aliphatic hydroxyl groups is 5. The first-order chi connectivity index (χ1) is 72.1. The lowest BCUT2D eigenvalue weighted by atomic mass is 10.1. The topological polar surface area (TPSA) is 440 Å². The molecule has 0 saturated carbocycles. The molecule has 30 nitrogen and oxygen atoms in total. The van der Waals surface area contributed by atoms with Gasteiger partial charge in [-0.2, -0.15) is 0 Å². The van der Waals surface area contributed by atoms with Gasteiger partial charge in [0, 0.05) is 32.1 Å². The fourth-order valence-corrected chi connectivity index (χ4v) is 15.0. The van der Waals surface area contributed by atoms with Crippen LogP contribution in [-0.2, 0) is 136 Å². The molecule has 10 rings (SSSR count). The van der Waals surface area contributed by atoms with Crippen LogP contribution in [0.4, 0.5) is 0 Å². The number of aromatic hydroxyl groups is 5. The molecule has 0 radical (unpaired) electrons. The number of amides is 5. The van der Waals surface area contributed by atoms with Crippen molar-refractivity contribution >= 4 is 29.5 Å². The van der Waals surface area contributed by atoms with Gasteiger partial charge in [0.2, 0.25) is 29.5 Å². The first kappa shape index (κ1) is 127. The van der Waals surface area contributed by atoms with Gasteiger partial charge in [0.15, 0.2) is 0 Å². The molecule has 0 fully saturated rings. The Balaban J connectivity index is 0.000000286. The van der Waals surface area contributed by atoms with E-state index in [9.17, 15) is 75.0 Å². The highest BCUT2D eigenvalue weighted by Crippen LogP contribution is 2.21. The normalized spacial score (nSPS) is 14.1. The van der Waals surface area contributed by atoms with Crippen LogP contribution < -0.4 is 26.6 Å². The SMILES string of the molecule is CC(COC[C@@H](Cc1ccc(O)cc1)NC(=O)CCc1ccccc1)OC[C@@H](C)O.CC(COC[C@@H](Cc1ccc(O)cc1)NC(=O)CCc1ccccc1)OC[C@H](C)O.CC(O)CO[C@@H](C)COC[C@@H](Cc1ccc(O)cc1)NC(=O)CCc1ccccc1.C[C@H](COC[C@@H](Cc1ccc(O)cc1)NC(=O)CCc1ccccc1)OC[C@@H](C)O.C[C@H](O)CO[C@H](C)COC[C@@H](Cc1ccc(O)cc1)NC(=O)CCc1ccccc1. The van der Waals surface area contributed by atoms with E-state index in [0.29, 0.717) is 162 Å². The Morgan fingerprint density at radius 2 is 0.333 bits per heavy atom. The molecule has 0 aliphatic heterocycles. The first-order valence-electron chi connectivity index (χ1n) is 52.0. The van der Waals surface area contributed by atoms with E-state index in [-0.39, 0.29) is 152 Å². The van der Waals surface area contributed by atoms with Crippen molar-refractivity contribution in [3.63, 3.8) is 0 Å². The standard InChI is InChI=1S/5C24H33NO5/c5*1-18(26)15-30-19(2)16-29-17-22(14-21-8-11-23(27)12-9-21)25-24(28)13-10-20-6-4-3-5-7-20/h5*3-9,11-12,18-19,22,26-27H,10,13-17H2,1-2H3,(H,25,28)/t18?,19-,22+;18-,19?,22+;18-,19?,22-;18-,19+,22+;18-,19-,22-/m00101/s1. The second kappa shape index (κ2) is 75.6. The molecule has 0 saturated heterocycles. The maximum atomic E-state index is 12.5. The number of hydrogen-bond acceptors (Lipinski definition) is 25. The summed E-state index contributed by atoms with van der Waals surface area (Å²) in [6, 6.07) is 83.4. The number of benzene rings is 10. The van der Waals surface area contributed by atoms with Gasteiger partial charge in [0.25, 0.3) is 0 Å². The highest BCUT2D eigenvalue weighted by Gasteiger charge is 2.23. The van der Waals surface area contributed by atoms with E-state index in [1.807, 2.05) is 247 Å². The van der Waals surface area contributed by atoms with Crippen molar-refractivity contribution in [3.05, 3.63) is 329 Å². The minimum Gasteiger partial charge on any atom is -0.508 e. The Morgan fingerprint density at radius 1 is 0.193 bits per heavy atom. The summed E-state index contributed by atoms with van der Waals surface area (Å²) in [7, 11) is 0. The fourth-order valence-electron chi connectivity index (χ4n) is 15.0. The monoisotopic (exact) mass is 2080 g/mol. The van der Waals surface area contributed by atoms with E-state index >= 15 is 0 Å². The summed E-state index contributed by atoms with van der Waals surface area (Å²) in [6.45, 7) is 22.7. The van der Waals surface area contributed by atoms with Crippen LogP contribution >= 0.6 is 0 Å². The predicted molar refractivity (Wildman–Crippen MR) is 582 cm³/mol. The summed E-state index contributed by atoms with van der Waals surface area (Å²) in [5, 5.41) is 109. The van der Waals surface area contributed by atoms with Crippen LogP contribution in [0.25, 0.3) is 0 Å². The maximum Gasteiger partial charge on any atom is 0.220 e. The summed E-state index contributed by atoms with van der Waals surface area (Å²) in [6.07, 6.45) is 5.11. The predicted octanol–water partition coefficient (Wildman–Crippen LogP) is 14.3. The molecular weight excluding hydrogens is 1910 g/mol. The molecule has 0 aromatic heterocycles. The Hall–Kier alpha value is -12.1. The largest absolute Gasteiger partial charge is 0.508 e. The van der Waals surface area contributed by atoms with Crippen molar-refractivity contribution in [3.8, 4) is 28.7 Å². The molecule has 10 aromatic carbocycles. The third kappa shape index (κ3) is 63.2. The number of phenols is 5. The maximum absolute atomic E-state index is 12.5. The summed E-state index contributed by atoms with van der Waals surface area (Å²) in [4.78, 5) is 62.4. The minimum absolute atomic E-state index is 0.0235. The number of ether oxygens (including phenoxy) is 10. The molecule has 0 bridgehead atoms. The second-order valence-corrected chi connectivity index (χ2v) is 38.3. The first-order valence-corrected chi connectivity index (χ1v) is 52.0. The fraction of sp³-hybridized carbons (Fsp3) is 0.458. The number of nitrogens with one attached hydrogen (secondary N) is 5. The molecule has 30 heteroatoms. The second-order valence-electron chi connectivity index (χ2n) is 38.3. The van der Waals surface area contributed by atoms with Gasteiger partial charge in [0.1, 0.15) is 28.7 Å². The number of aliphatic hydroxyl groups excluding tert-OH is 5. The molecular formula is C120H165N5O25. The van der Waals surface area contributed by atoms with Crippen LogP contribution in [0.1, 0.15) is 157 Å². The van der Waals surface area contributed by atoms with Gasteiger partial charge in [0.05, 0.1) is 190 Å². The molecule has 820 valence electrons. The molecule has 150 heavy (non-hydrogen) atoms. The van der Waals surface area contributed by atoms with Crippen LogP contribution in [0.5, 0.6) is 28.7 Å². The highest BCUT2D eigenvalue weighted by atomic mass is 16.6. The number of aryl methyl sites for hydroxylation is 5. The molecule has 0 spiro atoms. The van der Waals surface area contributed by atoms with E-state index in [2.05, 4.69) is 26.6 Å². The number of phenolic OH excluding ortho intramolecular Hbond substituents is 5. The molecule has 5 amide bonds. The quantitative estimate of drug-likeness (QED) is 0.0168. The highest BCUT2D eigenvalue weighted by molar-refractivity contribution is 5.78. The average Bonchev–Trinajstić information content (AvgIpc) is 0.903. The van der Waals surface area contributed by atoms with Crippen LogP contribution in [0.15, 0.2) is 273 Å². The smallest absolute Gasteiger partial charge is 0.220 e. The Morgan fingerprint density at radius 3 is 0.467 bits per heavy atom. The van der Waals surface area contributed by atoms with Gasteiger partial charge in [-0.25, -0.2) is 0 Å². The Kier molecular flexibility index (Phi) is 63.8. The van der Waals surface area contributed by atoms with Crippen LogP contribution in [0, 0.1) is 0 Å². The zero-order chi connectivity index (χ0) is 109. The summed E-state index contributed by atoms with van der Waals surface area (Å²) < 4.78 is 56.4. The van der Waals surface area contributed by atoms with Gasteiger partial charge in [-0.3, -0.25) is 24.0 Å². The van der Waals surface area contributed by atoms with Crippen LogP contribution in [0.3, 0.4) is 0 Å². The summed E-state index contributed by atoms with van der Waals surface area (Å²) >= 11 is 0. The number of rotatable bonds is 65. The third-order valence-electron chi connectivity index (χ3n) is 22.8. The van der Waals surface area contributed by atoms with Crippen molar-refractivity contribution in [2.24, 2.45) is 0 Å². The van der Waals surface area contributed by atoms with Crippen molar-refractivity contribution in [2.75, 3.05) is 99.1 Å². The minimum atomic E-state index is -0.515. The van der Waals surface area contributed by atoms with E-state index in [4.69, 9.17) is 47.4 Å². The molecule has 0 heterocycles. The summed E-state index contributed by atoms with van der Waals surface area (Å²) in [5.41, 5.74) is 10.7. The lowest BCUT2D eigenvalue weighted by Gasteiger charge is -2.21. The Labute approximate surface area is 886 Å². The lowest BCUT2D eigenvalue weighted by molar-refractivity contribution is -0.123. The number of carbonyl (C=O) groups excluding carboxylic acids is 5. The van der Waals surface area contributed by atoms with Crippen molar-refractivity contribution in [2.45, 2.75) is 257 Å². The van der Waals surface area contributed by atoms with Gasteiger partial charge >= 0.3 is 0 Å². The van der Waals surface area contributed by atoms with E-state index in [1.165, 1.54) is 0 Å². The average molecular weight is 2080 g/mol. The number of hydrogen-bond donors (Lipinski definition) is 15. The van der Waals surface area contributed by atoms with Gasteiger partial charge < -0.3 is 125 Å². The summed E-state index contributed by atoms with van der Waals surface area (Å²) in [5.74, 6) is 0.936. The van der Waals surface area contributed by atoms with Crippen molar-refractivity contribution < 1.29 is 122 Å². The molecule has 15 atom stereocenters. The molecule has 10 aromatic rings. The van der Waals surface area contributed by atoms with Gasteiger partial charge in [-0.15, -0.1) is 0 Å². The van der Waals surface area contributed by atoms with Crippen LogP contribution in [0.2, 0.25) is 0 Å².